The standard InChI is InChI=1S/C30H36N2O3/c1-4-5-16-31-30(34)28(20-25-12-8-6-9-13-25)32(21-26-14-10-7-11-15-26)29(33)22-35-27-18-23(2)17-24(3)19-27/h6-15,17-19,28H,4-5,16,20-22H2,1-3H3,(H,31,34). The molecule has 5 nitrogen and oxygen atoms in total. The van der Waals surface area contributed by atoms with Gasteiger partial charge in [0.1, 0.15) is 11.8 Å². The van der Waals surface area contributed by atoms with Crippen molar-refractivity contribution in [1.29, 1.82) is 0 Å². The van der Waals surface area contributed by atoms with Crippen LogP contribution < -0.4 is 10.1 Å². The maximum atomic E-state index is 13.6. The van der Waals surface area contributed by atoms with Crippen LogP contribution in [0.5, 0.6) is 5.75 Å². The fraction of sp³-hybridized carbons (Fsp3) is 0.333. The summed E-state index contributed by atoms with van der Waals surface area (Å²) in [5.74, 6) is 0.292. The molecule has 3 aromatic carbocycles. The van der Waals surface area contributed by atoms with E-state index in [-0.39, 0.29) is 18.4 Å². The van der Waals surface area contributed by atoms with E-state index < -0.39 is 6.04 Å². The molecule has 3 aromatic rings. The molecule has 0 aromatic heterocycles. The third-order valence-electron chi connectivity index (χ3n) is 5.85. The maximum Gasteiger partial charge on any atom is 0.261 e. The van der Waals surface area contributed by atoms with Gasteiger partial charge >= 0.3 is 0 Å². The van der Waals surface area contributed by atoms with Gasteiger partial charge < -0.3 is 15.0 Å². The van der Waals surface area contributed by atoms with Crippen molar-refractivity contribution >= 4 is 11.8 Å². The van der Waals surface area contributed by atoms with Crippen LogP contribution in [-0.4, -0.2) is 35.9 Å². The van der Waals surface area contributed by atoms with Gasteiger partial charge in [0.05, 0.1) is 0 Å². The smallest absolute Gasteiger partial charge is 0.261 e. The topological polar surface area (TPSA) is 58.6 Å². The Kier molecular flexibility index (Phi) is 9.91. The van der Waals surface area contributed by atoms with Crippen LogP contribution >= 0.6 is 0 Å². The minimum atomic E-state index is -0.648. The van der Waals surface area contributed by atoms with Crippen molar-refractivity contribution in [3.05, 3.63) is 101 Å². The zero-order valence-corrected chi connectivity index (χ0v) is 21.0. The Morgan fingerprint density at radius 1 is 0.886 bits per heavy atom. The Labute approximate surface area is 209 Å². The molecule has 2 amide bonds. The van der Waals surface area contributed by atoms with E-state index in [0.717, 1.165) is 35.1 Å². The van der Waals surface area contributed by atoms with Gasteiger partial charge in [0.25, 0.3) is 5.91 Å². The van der Waals surface area contributed by atoms with Crippen LogP contribution in [0.15, 0.2) is 78.9 Å². The molecule has 0 aliphatic carbocycles. The first kappa shape index (κ1) is 26.0. The lowest BCUT2D eigenvalue weighted by Crippen LogP contribution is -2.51. The second-order valence-corrected chi connectivity index (χ2v) is 8.97. The summed E-state index contributed by atoms with van der Waals surface area (Å²) >= 11 is 0. The summed E-state index contributed by atoms with van der Waals surface area (Å²) in [6.07, 6.45) is 2.31. The number of amides is 2. The van der Waals surface area contributed by atoms with E-state index in [4.69, 9.17) is 4.74 Å². The first-order valence-corrected chi connectivity index (χ1v) is 12.3. The fourth-order valence-corrected chi connectivity index (χ4v) is 4.08. The number of benzene rings is 3. The lowest BCUT2D eigenvalue weighted by molar-refractivity contribution is -0.142. The van der Waals surface area contributed by atoms with Gasteiger partial charge in [-0.25, -0.2) is 0 Å². The molecule has 0 spiro atoms. The van der Waals surface area contributed by atoms with E-state index >= 15 is 0 Å². The van der Waals surface area contributed by atoms with Gasteiger partial charge in [-0.05, 0) is 54.7 Å². The average molecular weight is 473 g/mol. The van der Waals surface area contributed by atoms with Crippen molar-refractivity contribution in [2.75, 3.05) is 13.2 Å². The number of rotatable bonds is 12. The Hall–Kier alpha value is -3.60. The van der Waals surface area contributed by atoms with Gasteiger partial charge in [-0.15, -0.1) is 0 Å². The van der Waals surface area contributed by atoms with E-state index in [0.29, 0.717) is 25.3 Å². The number of ether oxygens (including phenoxy) is 1. The summed E-state index contributed by atoms with van der Waals surface area (Å²) in [6, 6.07) is 24.9. The van der Waals surface area contributed by atoms with Gasteiger partial charge in [0.15, 0.2) is 6.61 Å². The molecule has 0 aliphatic heterocycles. The lowest BCUT2D eigenvalue weighted by atomic mass is 10.0. The average Bonchev–Trinajstić information content (AvgIpc) is 2.85. The van der Waals surface area contributed by atoms with Crippen LogP contribution in [0.25, 0.3) is 0 Å². The highest BCUT2D eigenvalue weighted by atomic mass is 16.5. The van der Waals surface area contributed by atoms with Crippen molar-refractivity contribution in [1.82, 2.24) is 10.2 Å². The largest absolute Gasteiger partial charge is 0.484 e. The zero-order chi connectivity index (χ0) is 25.0. The molecular formula is C30H36N2O3. The summed E-state index contributed by atoms with van der Waals surface area (Å²) in [5, 5.41) is 3.04. The number of nitrogens with one attached hydrogen (secondary N) is 1. The maximum absolute atomic E-state index is 13.6. The monoisotopic (exact) mass is 472 g/mol. The van der Waals surface area contributed by atoms with Crippen LogP contribution in [-0.2, 0) is 22.6 Å². The van der Waals surface area contributed by atoms with E-state index in [9.17, 15) is 9.59 Å². The fourth-order valence-electron chi connectivity index (χ4n) is 4.08. The second kappa shape index (κ2) is 13.3. The molecule has 1 unspecified atom stereocenters. The van der Waals surface area contributed by atoms with Gasteiger partial charge in [-0.2, -0.15) is 0 Å². The molecule has 0 heterocycles. The number of carbonyl (C=O) groups excluding carboxylic acids is 2. The third kappa shape index (κ3) is 8.29. The lowest BCUT2D eigenvalue weighted by Gasteiger charge is -2.31. The summed E-state index contributed by atoms with van der Waals surface area (Å²) in [7, 11) is 0. The Morgan fingerprint density at radius 3 is 2.09 bits per heavy atom. The number of nitrogens with zero attached hydrogens (tertiary/aromatic N) is 1. The molecule has 5 heteroatoms. The van der Waals surface area contributed by atoms with Crippen molar-refractivity contribution in [3.63, 3.8) is 0 Å². The van der Waals surface area contributed by atoms with Crippen LogP contribution in [0.1, 0.15) is 42.0 Å². The number of hydrogen-bond donors (Lipinski definition) is 1. The molecule has 35 heavy (non-hydrogen) atoms. The first-order valence-electron chi connectivity index (χ1n) is 12.3. The summed E-state index contributed by atoms with van der Waals surface area (Å²) < 4.78 is 5.90. The highest BCUT2D eigenvalue weighted by Gasteiger charge is 2.30. The van der Waals surface area contributed by atoms with E-state index in [1.807, 2.05) is 86.6 Å². The number of hydrogen-bond acceptors (Lipinski definition) is 3. The SMILES string of the molecule is CCCCNC(=O)C(Cc1ccccc1)N(Cc1ccccc1)C(=O)COc1cc(C)cc(C)c1. The molecule has 0 saturated carbocycles. The Bertz CT molecular complexity index is 1060. The predicted molar refractivity (Wildman–Crippen MR) is 140 cm³/mol. The molecule has 0 saturated heterocycles. The number of unbranched alkanes of at least 4 members (excludes halogenated alkanes) is 1. The summed E-state index contributed by atoms with van der Waals surface area (Å²) in [6.45, 7) is 6.87. The minimum Gasteiger partial charge on any atom is -0.484 e. The van der Waals surface area contributed by atoms with Gasteiger partial charge in [-0.1, -0.05) is 80.1 Å². The highest BCUT2D eigenvalue weighted by Crippen LogP contribution is 2.18. The first-order chi connectivity index (χ1) is 17.0. The molecule has 3 rings (SSSR count). The third-order valence-corrected chi connectivity index (χ3v) is 5.85. The summed E-state index contributed by atoms with van der Waals surface area (Å²) in [4.78, 5) is 28.6. The van der Waals surface area contributed by atoms with Crippen LogP contribution in [0.4, 0.5) is 0 Å². The predicted octanol–water partition coefficient (Wildman–Crippen LogP) is 5.24. The Morgan fingerprint density at radius 2 is 1.49 bits per heavy atom. The van der Waals surface area contributed by atoms with E-state index in [1.54, 1.807) is 4.90 Å². The van der Waals surface area contributed by atoms with Crippen molar-refractivity contribution in [3.8, 4) is 5.75 Å². The molecule has 1 atom stereocenters. The molecular weight excluding hydrogens is 436 g/mol. The van der Waals surface area contributed by atoms with E-state index in [1.165, 1.54) is 0 Å². The van der Waals surface area contributed by atoms with Gasteiger partial charge in [0.2, 0.25) is 5.91 Å². The molecule has 0 fully saturated rings. The van der Waals surface area contributed by atoms with Crippen molar-refractivity contribution in [2.45, 2.75) is 52.6 Å². The van der Waals surface area contributed by atoms with Crippen LogP contribution in [0.3, 0.4) is 0 Å². The molecule has 1 N–H and O–H groups in total. The van der Waals surface area contributed by atoms with Crippen molar-refractivity contribution in [2.24, 2.45) is 0 Å². The van der Waals surface area contributed by atoms with Gasteiger partial charge in [0, 0.05) is 19.5 Å². The second-order valence-electron chi connectivity index (χ2n) is 8.97. The number of aryl methyl sites for hydroxylation is 2. The van der Waals surface area contributed by atoms with Gasteiger partial charge in [-0.3, -0.25) is 9.59 Å². The highest BCUT2D eigenvalue weighted by molar-refractivity contribution is 5.88. The van der Waals surface area contributed by atoms with Crippen molar-refractivity contribution < 1.29 is 14.3 Å². The summed E-state index contributed by atoms with van der Waals surface area (Å²) in [5.41, 5.74) is 4.12. The minimum absolute atomic E-state index is 0.136. The molecule has 0 aliphatic rings. The van der Waals surface area contributed by atoms with Crippen LogP contribution in [0.2, 0.25) is 0 Å². The normalized spacial score (nSPS) is 11.5. The quantitative estimate of drug-likeness (QED) is 0.367. The van der Waals surface area contributed by atoms with Crippen LogP contribution in [0, 0.1) is 13.8 Å². The van der Waals surface area contributed by atoms with E-state index in [2.05, 4.69) is 18.3 Å². The molecule has 0 radical (unpaired) electrons. The Balaban J connectivity index is 1.87. The molecule has 184 valence electrons. The molecule has 0 bridgehead atoms. The zero-order valence-electron chi connectivity index (χ0n) is 21.0. The number of carbonyl (C=O) groups is 2.